The summed E-state index contributed by atoms with van der Waals surface area (Å²) < 4.78 is 1.00. The van der Waals surface area contributed by atoms with E-state index in [1.807, 2.05) is 17.5 Å². The third-order valence-corrected chi connectivity index (χ3v) is 4.86. The van der Waals surface area contributed by atoms with Crippen molar-refractivity contribution >= 4 is 50.5 Å². The molecular weight excluding hydrogens is 343 g/mol. The molecule has 0 fully saturated rings. The molecule has 0 saturated heterocycles. The number of nitrogens with two attached hydrogens (primary N) is 1. The van der Waals surface area contributed by atoms with Gasteiger partial charge in [0, 0.05) is 19.4 Å². The molecule has 0 radical (unpaired) electrons. The van der Waals surface area contributed by atoms with E-state index in [9.17, 15) is 0 Å². The summed E-state index contributed by atoms with van der Waals surface area (Å²) in [4.78, 5) is 1.07. The van der Waals surface area contributed by atoms with Gasteiger partial charge in [-0.05, 0) is 51.1 Å². The van der Waals surface area contributed by atoms with Crippen LogP contribution in [0.15, 0.2) is 34.1 Å². The van der Waals surface area contributed by atoms with E-state index in [0.717, 1.165) is 14.9 Å². The van der Waals surface area contributed by atoms with Crippen LogP contribution < -0.4 is 11.3 Å². The van der Waals surface area contributed by atoms with Crippen LogP contribution in [0, 0.1) is 0 Å². The third-order valence-electron chi connectivity index (χ3n) is 2.34. The Morgan fingerprint density at radius 3 is 2.65 bits per heavy atom. The highest BCUT2D eigenvalue weighted by molar-refractivity contribution is 9.10. The zero-order valence-electron chi connectivity index (χ0n) is 8.58. The summed E-state index contributed by atoms with van der Waals surface area (Å²) in [5, 5.41) is 3.26. The molecule has 3 N–H and O–H groups in total. The first-order chi connectivity index (χ1) is 8.13. The highest BCUT2D eigenvalue weighted by Gasteiger charge is 2.19. The summed E-state index contributed by atoms with van der Waals surface area (Å²) in [5.41, 5.74) is 3.63. The van der Waals surface area contributed by atoms with E-state index in [1.165, 1.54) is 0 Å². The number of halogens is 3. The zero-order chi connectivity index (χ0) is 12.4. The second-order valence-corrected chi connectivity index (χ2v) is 6.04. The minimum absolute atomic E-state index is 0.171. The van der Waals surface area contributed by atoms with Crippen LogP contribution in [0.1, 0.15) is 16.5 Å². The van der Waals surface area contributed by atoms with Gasteiger partial charge < -0.3 is 0 Å². The Balaban J connectivity index is 2.49. The molecule has 1 aromatic carbocycles. The number of hydrogen-bond acceptors (Lipinski definition) is 3. The molecule has 0 amide bonds. The fourth-order valence-corrected chi connectivity index (χ4v) is 3.64. The summed E-state index contributed by atoms with van der Waals surface area (Å²) in [6.07, 6.45) is 0. The molecule has 1 heterocycles. The average molecular weight is 352 g/mol. The molecule has 1 unspecified atom stereocenters. The van der Waals surface area contributed by atoms with Crippen molar-refractivity contribution in [3.63, 3.8) is 0 Å². The first-order valence-electron chi connectivity index (χ1n) is 4.77. The predicted octanol–water partition coefficient (Wildman–Crippen LogP) is 4.37. The number of rotatable bonds is 3. The van der Waals surface area contributed by atoms with E-state index in [1.54, 1.807) is 23.5 Å². The zero-order valence-corrected chi connectivity index (χ0v) is 12.5. The molecule has 0 aliphatic carbocycles. The van der Waals surface area contributed by atoms with Crippen LogP contribution in [0.2, 0.25) is 10.0 Å². The van der Waals surface area contributed by atoms with Gasteiger partial charge in [-0.3, -0.25) is 5.84 Å². The topological polar surface area (TPSA) is 38.0 Å². The molecule has 0 saturated carbocycles. The van der Waals surface area contributed by atoms with Crippen molar-refractivity contribution in [2.75, 3.05) is 0 Å². The Bertz CT molecular complexity index is 530. The van der Waals surface area contributed by atoms with Crippen LogP contribution in [0.3, 0.4) is 0 Å². The number of benzene rings is 1. The maximum atomic E-state index is 6.17. The van der Waals surface area contributed by atoms with Gasteiger partial charge in [-0.25, -0.2) is 5.43 Å². The average Bonchev–Trinajstić information content (AvgIpc) is 2.71. The Labute approximate surface area is 122 Å². The second kappa shape index (κ2) is 5.69. The largest absolute Gasteiger partial charge is 0.271 e. The van der Waals surface area contributed by atoms with Crippen molar-refractivity contribution < 1.29 is 0 Å². The van der Waals surface area contributed by atoms with E-state index in [0.29, 0.717) is 10.0 Å². The van der Waals surface area contributed by atoms with E-state index >= 15 is 0 Å². The van der Waals surface area contributed by atoms with Gasteiger partial charge >= 0.3 is 0 Å². The molecule has 2 aromatic rings. The minimum Gasteiger partial charge on any atom is -0.271 e. The van der Waals surface area contributed by atoms with E-state index < -0.39 is 0 Å². The quantitative estimate of drug-likeness (QED) is 0.636. The number of thiophene rings is 1. The molecule has 2 rings (SSSR count). The fraction of sp³-hybridized carbons (Fsp3) is 0.0909. The summed E-state index contributed by atoms with van der Waals surface area (Å²) in [5.74, 6) is 5.62. The highest BCUT2D eigenvalue weighted by Crippen LogP contribution is 2.36. The SMILES string of the molecule is NNC(c1cc(Cl)ccc1Cl)c1sccc1Br. The smallest absolute Gasteiger partial charge is 0.0828 e. The minimum atomic E-state index is -0.171. The standard InChI is InChI=1S/C11H9BrCl2N2S/c12-8-3-4-17-11(8)10(16-15)7-5-6(13)1-2-9(7)14/h1-5,10,16H,15H2. The molecule has 90 valence electrons. The second-order valence-electron chi connectivity index (χ2n) is 3.40. The van der Waals surface area contributed by atoms with Gasteiger partial charge in [0.1, 0.15) is 0 Å². The lowest BCUT2D eigenvalue weighted by molar-refractivity contribution is 0.645. The molecule has 0 bridgehead atoms. The lowest BCUT2D eigenvalue weighted by Gasteiger charge is -2.17. The van der Waals surface area contributed by atoms with Crippen LogP contribution in [0.25, 0.3) is 0 Å². The monoisotopic (exact) mass is 350 g/mol. The first kappa shape index (κ1) is 13.3. The molecule has 6 heteroatoms. The normalized spacial score (nSPS) is 12.7. The van der Waals surface area contributed by atoms with Crippen LogP contribution >= 0.6 is 50.5 Å². The Morgan fingerprint density at radius 1 is 1.29 bits per heavy atom. The number of hydrogen-bond donors (Lipinski definition) is 2. The summed E-state index contributed by atoms with van der Waals surface area (Å²) in [7, 11) is 0. The van der Waals surface area contributed by atoms with Crippen LogP contribution in [0.4, 0.5) is 0 Å². The number of hydrazine groups is 1. The summed E-state index contributed by atoms with van der Waals surface area (Å²) in [6, 6.07) is 7.15. The lowest BCUT2D eigenvalue weighted by Crippen LogP contribution is -2.28. The Kier molecular flexibility index (Phi) is 4.47. The van der Waals surface area contributed by atoms with Crippen LogP contribution in [-0.4, -0.2) is 0 Å². The predicted molar refractivity (Wildman–Crippen MR) is 77.6 cm³/mol. The summed E-state index contributed by atoms with van der Waals surface area (Å²) >= 11 is 17.2. The van der Waals surface area contributed by atoms with Gasteiger partial charge in [-0.2, -0.15) is 0 Å². The fourth-order valence-electron chi connectivity index (χ4n) is 1.55. The van der Waals surface area contributed by atoms with E-state index in [-0.39, 0.29) is 6.04 Å². The Morgan fingerprint density at radius 2 is 2.06 bits per heavy atom. The van der Waals surface area contributed by atoms with Crippen LogP contribution in [-0.2, 0) is 0 Å². The van der Waals surface area contributed by atoms with Crippen molar-refractivity contribution in [3.05, 3.63) is 54.6 Å². The Hall–Kier alpha value is -0.100. The van der Waals surface area contributed by atoms with Crippen LogP contribution in [0.5, 0.6) is 0 Å². The molecule has 0 aliphatic rings. The molecule has 2 nitrogen and oxygen atoms in total. The van der Waals surface area contributed by atoms with Crippen molar-refractivity contribution in [2.24, 2.45) is 5.84 Å². The number of nitrogens with one attached hydrogen (secondary N) is 1. The molecular formula is C11H9BrCl2N2S. The van der Waals surface area contributed by atoms with Gasteiger partial charge in [0.05, 0.1) is 6.04 Å². The highest BCUT2D eigenvalue weighted by atomic mass is 79.9. The van der Waals surface area contributed by atoms with E-state index in [2.05, 4.69) is 21.4 Å². The van der Waals surface area contributed by atoms with Gasteiger partial charge in [-0.1, -0.05) is 23.2 Å². The van der Waals surface area contributed by atoms with Crippen molar-refractivity contribution in [1.82, 2.24) is 5.43 Å². The van der Waals surface area contributed by atoms with Crippen molar-refractivity contribution in [2.45, 2.75) is 6.04 Å². The summed E-state index contributed by atoms with van der Waals surface area (Å²) in [6.45, 7) is 0. The van der Waals surface area contributed by atoms with Gasteiger partial charge in [-0.15, -0.1) is 11.3 Å². The first-order valence-corrected chi connectivity index (χ1v) is 7.20. The maximum Gasteiger partial charge on any atom is 0.0828 e. The third kappa shape index (κ3) is 2.84. The molecule has 1 atom stereocenters. The lowest BCUT2D eigenvalue weighted by atomic mass is 10.1. The van der Waals surface area contributed by atoms with Crippen molar-refractivity contribution in [1.29, 1.82) is 0 Å². The molecule has 17 heavy (non-hydrogen) atoms. The molecule has 0 aliphatic heterocycles. The van der Waals surface area contributed by atoms with Crippen molar-refractivity contribution in [3.8, 4) is 0 Å². The maximum absolute atomic E-state index is 6.17. The van der Waals surface area contributed by atoms with Gasteiger partial charge in [0.15, 0.2) is 0 Å². The van der Waals surface area contributed by atoms with Gasteiger partial charge in [0.25, 0.3) is 0 Å². The molecule has 1 aromatic heterocycles. The molecule has 0 spiro atoms. The van der Waals surface area contributed by atoms with Gasteiger partial charge in [0.2, 0.25) is 0 Å². The van der Waals surface area contributed by atoms with E-state index in [4.69, 9.17) is 29.0 Å².